The molecule has 3 heterocycles. The van der Waals surface area contributed by atoms with Gasteiger partial charge in [0.2, 0.25) is 15.9 Å². The minimum Gasteiger partial charge on any atom is -0.477 e. The average molecular weight is 523 g/mol. The Hall–Kier alpha value is -2.99. The van der Waals surface area contributed by atoms with E-state index in [4.69, 9.17) is 16.3 Å². The van der Waals surface area contributed by atoms with Crippen LogP contribution in [0.2, 0.25) is 5.02 Å². The van der Waals surface area contributed by atoms with Crippen LogP contribution >= 0.6 is 11.6 Å². The van der Waals surface area contributed by atoms with Gasteiger partial charge in [-0.15, -0.1) is 0 Å². The molecule has 1 atom stereocenters. The summed E-state index contributed by atoms with van der Waals surface area (Å²) < 4.78 is 50.2. The summed E-state index contributed by atoms with van der Waals surface area (Å²) in [5.74, 6) is -0.405. The van der Waals surface area contributed by atoms with Crippen LogP contribution in [-0.2, 0) is 16.6 Å². The number of hydrogen-bond donors (Lipinski definition) is 3. The van der Waals surface area contributed by atoms with Crippen molar-refractivity contribution in [2.75, 3.05) is 18.5 Å². The van der Waals surface area contributed by atoms with E-state index in [2.05, 4.69) is 15.0 Å². The predicted molar refractivity (Wildman–Crippen MR) is 130 cm³/mol. The van der Waals surface area contributed by atoms with Crippen LogP contribution in [0.15, 0.2) is 52.4 Å². The van der Waals surface area contributed by atoms with Crippen LogP contribution in [0.25, 0.3) is 11.1 Å². The fraction of sp³-hybridized carbons (Fsp3) is 0.304. The van der Waals surface area contributed by atoms with Crippen molar-refractivity contribution in [1.82, 2.24) is 14.3 Å². The molecule has 1 aliphatic heterocycles. The van der Waals surface area contributed by atoms with Crippen LogP contribution in [0.5, 0.6) is 5.88 Å². The van der Waals surface area contributed by atoms with E-state index in [0.29, 0.717) is 26.0 Å². The second-order valence-electron chi connectivity index (χ2n) is 8.12. The first-order valence-corrected chi connectivity index (χ1v) is 12.8. The zero-order valence-corrected chi connectivity index (χ0v) is 20.4. The summed E-state index contributed by atoms with van der Waals surface area (Å²) in [6.07, 6.45) is 3.95. The zero-order chi connectivity index (χ0) is 25.2. The van der Waals surface area contributed by atoms with Crippen LogP contribution in [0.4, 0.5) is 15.8 Å². The molecule has 0 amide bonds. The number of halogens is 2. The number of aliphatic hydroxyl groups excluding tert-OH is 1. The molecule has 2 aromatic heterocycles. The van der Waals surface area contributed by atoms with Gasteiger partial charge in [0.15, 0.2) is 0 Å². The standard InChI is InChI=1S/C23H24ClFN4O5S/c1-14(13-30)28-35(32,33)21-12-26-7-6-19(21)27-20-11-17(16-10-15(24)4-5-18(16)25)22(31)29-8-2-3-9-34-23(20)29/h4-7,10-12,14,28,30H,2-3,8-9,13H2,1H3,(H,26,27). The van der Waals surface area contributed by atoms with E-state index in [9.17, 15) is 22.7 Å². The normalized spacial score (nSPS) is 14.5. The summed E-state index contributed by atoms with van der Waals surface area (Å²) in [6, 6.07) is 6.09. The molecule has 1 unspecified atom stereocenters. The molecule has 4 rings (SSSR count). The summed E-state index contributed by atoms with van der Waals surface area (Å²) in [6.45, 7) is 1.83. The van der Waals surface area contributed by atoms with E-state index < -0.39 is 27.4 Å². The number of ether oxygens (including phenoxy) is 1. The van der Waals surface area contributed by atoms with Crippen LogP contribution in [0, 0.1) is 5.82 Å². The van der Waals surface area contributed by atoms with E-state index in [-0.39, 0.29) is 44.9 Å². The van der Waals surface area contributed by atoms with E-state index in [1.807, 2.05) is 0 Å². The van der Waals surface area contributed by atoms with Gasteiger partial charge in [-0.1, -0.05) is 11.6 Å². The number of aliphatic hydroxyl groups is 1. The van der Waals surface area contributed by atoms with Gasteiger partial charge in [-0.2, -0.15) is 0 Å². The number of fused-ring (bicyclic) bond motifs is 1. The number of hydrogen-bond acceptors (Lipinski definition) is 7. The van der Waals surface area contributed by atoms with E-state index >= 15 is 0 Å². The quantitative estimate of drug-likeness (QED) is 0.435. The molecule has 1 aliphatic rings. The lowest BCUT2D eigenvalue weighted by Gasteiger charge is -2.20. The van der Waals surface area contributed by atoms with Crippen LogP contribution < -0.4 is 20.3 Å². The SMILES string of the molecule is CC(CO)NS(=O)(=O)c1cnccc1Nc1cc(-c2cc(Cl)ccc2F)c(=O)n2c1OCCCC2. The van der Waals surface area contributed by atoms with E-state index in [0.717, 1.165) is 0 Å². The first kappa shape index (κ1) is 25.1. The first-order chi connectivity index (χ1) is 16.7. The topological polar surface area (TPSA) is 123 Å². The highest BCUT2D eigenvalue weighted by Crippen LogP contribution is 2.35. The monoisotopic (exact) mass is 522 g/mol. The van der Waals surface area contributed by atoms with Crippen LogP contribution in [-0.4, -0.2) is 42.3 Å². The predicted octanol–water partition coefficient (Wildman–Crippen LogP) is 3.28. The fourth-order valence-corrected chi connectivity index (χ4v) is 5.26. The van der Waals surface area contributed by atoms with Gasteiger partial charge in [-0.25, -0.2) is 17.5 Å². The second kappa shape index (κ2) is 10.3. The van der Waals surface area contributed by atoms with Crippen LogP contribution in [0.1, 0.15) is 19.8 Å². The fourth-order valence-electron chi connectivity index (χ4n) is 3.74. The lowest BCUT2D eigenvalue weighted by atomic mass is 10.1. The Balaban J connectivity index is 1.88. The highest BCUT2D eigenvalue weighted by molar-refractivity contribution is 7.89. The van der Waals surface area contributed by atoms with Gasteiger partial charge in [0.05, 0.1) is 24.5 Å². The van der Waals surface area contributed by atoms with Crippen molar-refractivity contribution in [1.29, 1.82) is 0 Å². The van der Waals surface area contributed by atoms with Crippen molar-refractivity contribution in [2.24, 2.45) is 0 Å². The number of benzene rings is 1. The third-order valence-electron chi connectivity index (χ3n) is 5.45. The number of aromatic nitrogens is 2. The third-order valence-corrected chi connectivity index (χ3v) is 7.30. The zero-order valence-electron chi connectivity index (χ0n) is 18.8. The highest BCUT2D eigenvalue weighted by atomic mass is 35.5. The molecular weight excluding hydrogens is 499 g/mol. The number of rotatable bonds is 7. The summed E-state index contributed by atoms with van der Waals surface area (Å²) in [5.41, 5.74) is 0.0520. The van der Waals surface area contributed by atoms with Crippen molar-refractivity contribution >= 4 is 33.0 Å². The Morgan fingerprint density at radius 2 is 2.03 bits per heavy atom. The molecule has 12 heteroatoms. The minimum atomic E-state index is -4.06. The van der Waals surface area contributed by atoms with Crippen molar-refractivity contribution in [3.8, 4) is 17.0 Å². The third kappa shape index (κ3) is 5.32. The molecule has 3 aromatic rings. The van der Waals surface area contributed by atoms with Gasteiger partial charge in [0, 0.05) is 35.6 Å². The van der Waals surface area contributed by atoms with Gasteiger partial charge in [-0.3, -0.25) is 14.3 Å². The summed E-state index contributed by atoms with van der Waals surface area (Å²) in [7, 11) is -4.06. The highest BCUT2D eigenvalue weighted by Gasteiger charge is 2.25. The Morgan fingerprint density at radius 3 is 2.80 bits per heavy atom. The van der Waals surface area contributed by atoms with Crippen molar-refractivity contribution < 1.29 is 22.7 Å². The maximum atomic E-state index is 14.7. The Kier molecular flexibility index (Phi) is 7.41. The molecule has 0 saturated carbocycles. The number of nitrogens with one attached hydrogen (secondary N) is 2. The van der Waals surface area contributed by atoms with Gasteiger partial charge < -0.3 is 15.2 Å². The first-order valence-electron chi connectivity index (χ1n) is 10.9. The molecule has 9 nitrogen and oxygen atoms in total. The molecule has 1 aromatic carbocycles. The Morgan fingerprint density at radius 1 is 1.23 bits per heavy atom. The molecule has 0 bridgehead atoms. The second-order valence-corrected chi connectivity index (χ2v) is 10.2. The van der Waals surface area contributed by atoms with E-state index in [1.54, 1.807) is 0 Å². The Labute approximate surface area is 206 Å². The summed E-state index contributed by atoms with van der Waals surface area (Å²) in [5, 5.41) is 12.6. The molecule has 0 radical (unpaired) electrons. The van der Waals surface area contributed by atoms with Crippen molar-refractivity contribution in [2.45, 2.75) is 37.2 Å². The molecule has 0 spiro atoms. The number of anilines is 2. The van der Waals surface area contributed by atoms with Gasteiger partial charge >= 0.3 is 0 Å². The van der Waals surface area contributed by atoms with E-state index in [1.165, 1.54) is 54.2 Å². The maximum absolute atomic E-state index is 14.7. The Bertz CT molecular complexity index is 1410. The molecule has 186 valence electrons. The summed E-state index contributed by atoms with van der Waals surface area (Å²) in [4.78, 5) is 17.1. The number of sulfonamides is 1. The number of nitrogens with zero attached hydrogens (tertiary/aromatic N) is 2. The molecule has 35 heavy (non-hydrogen) atoms. The average Bonchev–Trinajstić information content (AvgIpc) is 3.09. The minimum absolute atomic E-state index is 0.0195. The van der Waals surface area contributed by atoms with Gasteiger partial charge in [-0.05, 0) is 50.1 Å². The molecular formula is C23H24ClFN4O5S. The number of pyridine rings is 2. The van der Waals surface area contributed by atoms with Crippen molar-refractivity contribution in [3.63, 3.8) is 0 Å². The van der Waals surface area contributed by atoms with Gasteiger partial charge in [0.1, 0.15) is 16.4 Å². The van der Waals surface area contributed by atoms with Gasteiger partial charge in [0.25, 0.3) is 5.56 Å². The lowest BCUT2D eigenvalue weighted by Crippen LogP contribution is -2.35. The lowest BCUT2D eigenvalue weighted by molar-refractivity contribution is 0.265. The largest absolute Gasteiger partial charge is 0.477 e. The van der Waals surface area contributed by atoms with Crippen LogP contribution in [0.3, 0.4) is 0 Å². The smallest absolute Gasteiger partial charge is 0.261 e. The maximum Gasteiger partial charge on any atom is 0.261 e. The molecule has 0 fully saturated rings. The van der Waals surface area contributed by atoms with Crippen molar-refractivity contribution in [3.05, 3.63) is 63.9 Å². The molecule has 0 aliphatic carbocycles. The summed E-state index contributed by atoms with van der Waals surface area (Å²) >= 11 is 6.07. The molecule has 0 saturated heterocycles. The molecule has 3 N–H and O–H groups in total.